The van der Waals surface area contributed by atoms with E-state index in [4.69, 9.17) is 4.74 Å². The Bertz CT molecular complexity index is 339. The van der Waals surface area contributed by atoms with E-state index >= 15 is 0 Å². The second kappa shape index (κ2) is 8.11. The first kappa shape index (κ1) is 15.0. The summed E-state index contributed by atoms with van der Waals surface area (Å²) >= 11 is 0. The van der Waals surface area contributed by atoms with Gasteiger partial charge in [-0.3, -0.25) is 0 Å². The van der Waals surface area contributed by atoms with Crippen LogP contribution in [0.15, 0.2) is 24.3 Å². The van der Waals surface area contributed by atoms with Gasteiger partial charge < -0.3 is 15.0 Å². The Labute approximate surface area is 111 Å². The third-order valence-electron chi connectivity index (χ3n) is 2.95. The smallest absolute Gasteiger partial charge is 0.124 e. The van der Waals surface area contributed by atoms with Crippen molar-refractivity contribution in [2.75, 3.05) is 33.8 Å². The van der Waals surface area contributed by atoms with Crippen molar-refractivity contribution in [3.63, 3.8) is 0 Å². The lowest BCUT2D eigenvalue weighted by Gasteiger charge is -2.20. The molecule has 3 heteroatoms. The number of likely N-dealkylation sites (N-methyl/N-ethyl adjacent to an activating group) is 1. The van der Waals surface area contributed by atoms with Crippen molar-refractivity contribution in [2.24, 2.45) is 0 Å². The normalized spacial score (nSPS) is 12.7. The van der Waals surface area contributed by atoms with Crippen LogP contribution in [0.25, 0.3) is 0 Å². The minimum absolute atomic E-state index is 0.380. The molecule has 1 atom stereocenters. The Kier molecular flexibility index (Phi) is 6.76. The van der Waals surface area contributed by atoms with Crippen molar-refractivity contribution in [2.45, 2.75) is 26.3 Å². The molecule has 0 bridgehead atoms. The van der Waals surface area contributed by atoms with Gasteiger partial charge in [0.25, 0.3) is 0 Å². The van der Waals surface area contributed by atoms with Crippen LogP contribution in [0.2, 0.25) is 0 Å². The topological polar surface area (TPSA) is 24.5 Å². The summed E-state index contributed by atoms with van der Waals surface area (Å²) < 4.78 is 5.90. The maximum absolute atomic E-state index is 5.90. The number of benzene rings is 1. The maximum atomic E-state index is 5.90. The molecule has 1 unspecified atom stereocenters. The number of nitrogens with zero attached hydrogens (tertiary/aromatic N) is 1. The van der Waals surface area contributed by atoms with Crippen molar-refractivity contribution >= 4 is 0 Å². The van der Waals surface area contributed by atoms with Crippen molar-refractivity contribution in [1.29, 1.82) is 0 Å². The largest absolute Gasteiger partial charge is 0.492 e. The number of rotatable bonds is 8. The molecule has 0 aliphatic rings. The van der Waals surface area contributed by atoms with E-state index in [0.717, 1.165) is 31.9 Å². The van der Waals surface area contributed by atoms with Gasteiger partial charge in [-0.05, 0) is 33.1 Å². The van der Waals surface area contributed by atoms with E-state index in [1.807, 2.05) is 6.07 Å². The van der Waals surface area contributed by atoms with Crippen molar-refractivity contribution in [3.8, 4) is 5.75 Å². The Morgan fingerprint density at radius 1 is 1.22 bits per heavy atom. The zero-order valence-corrected chi connectivity index (χ0v) is 12.1. The quantitative estimate of drug-likeness (QED) is 0.767. The number of ether oxygens (including phenoxy) is 1. The van der Waals surface area contributed by atoms with Gasteiger partial charge in [0.15, 0.2) is 0 Å². The lowest BCUT2D eigenvalue weighted by atomic mass is 10.0. The van der Waals surface area contributed by atoms with E-state index in [2.05, 4.69) is 56.4 Å². The summed E-state index contributed by atoms with van der Waals surface area (Å²) in [6.07, 6.45) is 1.07. The lowest BCUT2D eigenvalue weighted by molar-refractivity contribution is 0.257. The minimum atomic E-state index is 0.380. The molecule has 0 radical (unpaired) electrons. The van der Waals surface area contributed by atoms with Gasteiger partial charge in [0.1, 0.15) is 12.4 Å². The predicted octanol–water partition coefficient (Wildman–Crippen LogP) is 2.69. The molecule has 1 aromatic carbocycles. The molecule has 0 spiro atoms. The lowest BCUT2D eigenvalue weighted by Crippen LogP contribution is -2.22. The average molecular weight is 250 g/mol. The highest BCUT2D eigenvalue weighted by Crippen LogP contribution is 2.26. The molecule has 1 N–H and O–H groups in total. The van der Waals surface area contributed by atoms with Gasteiger partial charge in [0.05, 0.1) is 0 Å². The summed E-state index contributed by atoms with van der Waals surface area (Å²) in [4.78, 5) is 2.13. The Morgan fingerprint density at radius 3 is 2.56 bits per heavy atom. The molecule has 3 nitrogen and oxygen atoms in total. The molecule has 0 heterocycles. The molecule has 0 saturated carbocycles. The first-order chi connectivity index (χ1) is 8.69. The van der Waals surface area contributed by atoms with Crippen LogP contribution in [0, 0.1) is 0 Å². The molecule has 0 aliphatic heterocycles. The van der Waals surface area contributed by atoms with Gasteiger partial charge in [-0.1, -0.05) is 32.0 Å². The van der Waals surface area contributed by atoms with Crippen molar-refractivity contribution in [3.05, 3.63) is 29.8 Å². The summed E-state index contributed by atoms with van der Waals surface area (Å²) in [5.41, 5.74) is 1.26. The van der Waals surface area contributed by atoms with Crippen LogP contribution >= 0.6 is 0 Å². The SMILES string of the molecule is CCNC(CC)c1ccccc1OCCN(C)C. The van der Waals surface area contributed by atoms with Gasteiger partial charge in [-0.25, -0.2) is 0 Å². The van der Waals surface area contributed by atoms with Gasteiger partial charge in [-0.15, -0.1) is 0 Å². The monoisotopic (exact) mass is 250 g/mol. The molecule has 1 aromatic rings. The molecule has 102 valence electrons. The molecule has 0 aromatic heterocycles. The van der Waals surface area contributed by atoms with Gasteiger partial charge >= 0.3 is 0 Å². The number of hydrogen-bond acceptors (Lipinski definition) is 3. The van der Waals surface area contributed by atoms with E-state index in [0.29, 0.717) is 6.04 Å². The third kappa shape index (κ3) is 4.67. The summed E-state index contributed by atoms with van der Waals surface area (Å²) in [7, 11) is 4.12. The van der Waals surface area contributed by atoms with E-state index < -0.39 is 0 Å². The molecule has 0 aliphatic carbocycles. The zero-order chi connectivity index (χ0) is 13.4. The van der Waals surface area contributed by atoms with Crippen LogP contribution < -0.4 is 10.1 Å². The zero-order valence-electron chi connectivity index (χ0n) is 12.1. The maximum Gasteiger partial charge on any atom is 0.124 e. The fourth-order valence-corrected chi connectivity index (χ4v) is 1.96. The van der Waals surface area contributed by atoms with Crippen LogP contribution in [0.5, 0.6) is 5.75 Å². The van der Waals surface area contributed by atoms with Gasteiger partial charge in [0, 0.05) is 18.2 Å². The van der Waals surface area contributed by atoms with Gasteiger partial charge in [-0.2, -0.15) is 0 Å². The predicted molar refractivity (Wildman–Crippen MR) is 77.2 cm³/mol. The Hall–Kier alpha value is -1.06. The molecule has 1 rings (SSSR count). The highest BCUT2D eigenvalue weighted by atomic mass is 16.5. The summed E-state index contributed by atoms with van der Waals surface area (Å²) in [5, 5.41) is 3.50. The van der Waals surface area contributed by atoms with Crippen LogP contribution in [0.4, 0.5) is 0 Å². The standard InChI is InChI=1S/C15H26N2O/c1-5-14(16-6-2)13-9-7-8-10-15(13)18-12-11-17(3)4/h7-10,14,16H,5-6,11-12H2,1-4H3. The first-order valence-corrected chi connectivity index (χ1v) is 6.78. The number of hydrogen-bond donors (Lipinski definition) is 1. The van der Waals surface area contributed by atoms with E-state index in [1.165, 1.54) is 5.56 Å². The van der Waals surface area contributed by atoms with E-state index in [1.54, 1.807) is 0 Å². The van der Waals surface area contributed by atoms with Crippen LogP contribution in [-0.2, 0) is 0 Å². The number of para-hydroxylation sites is 1. The summed E-state index contributed by atoms with van der Waals surface area (Å²) in [5.74, 6) is 1.01. The highest BCUT2D eigenvalue weighted by molar-refractivity contribution is 5.35. The fraction of sp³-hybridized carbons (Fsp3) is 0.600. The highest BCUT2D eigenvalue weighted by Gasteiger charge is 2.12. The Balaban J connectivity index is 2.71. The summed E-state index contributed by atoms with van der Waals surface area (Å²) in [6, 6.07) is 8.71. The van der Waals surface area contributed by atoms with Gasteiger partial charge in [0.2, 0.25) is 0 Å². The van der Waals surface area contributed by atoms with Crippen LogP contribution in [0.3, 0.4) is 0 Å². The summed E-state index contributed by atoms with van der Waals surface area (Å²) in [6.45, 7) is 6.98. The molecular formula is C15H26N2O. The van der Waals surface area contributed by atoms with Crippen molar-refractivity contribution < 1.29 is 4.74 Å². The van der Waals surface area contributed by atoms with Crippen molar-refractivity contribution in [1.82, 2.24) is 10.2 Å². The van der Waals surface area contributed by atoms with Crippen LogP contribution in [-0.4, -0.2) is 38.7 Å². The molecule has 0 fully saturated rings. The second-order valence-electron chi connectivity index (χ2n) is 4.71. The molecule has 0 saturated heterocycles. The average Bonchev–Trinajstić information content (AvgIpc) is 2.36. The van der Waals surface area contributed by atoms with Crippen LogP contribution in [0.1, 0.15) is 31.9 Å². The molecular weight excluding hydrogens is 224 g/mol. The first-order valence-electron chi connectivity index (χ1n) is 6.78. The second-order valence-corrected chi connectivity index (χ2v) is 4.71. The fourth-order valence-electron chi connectivity index (χ4n) is 1.96. The molecule has 0 amide bonds. The Morgan fingerprint density at radius 2 is 1.94 bits per heavy atom. The minimum Gasteiger partial charge on any atom is -0.492 e. The third-order valence-corrected chi connectivity index (χ3v) is 2.95. The van der Waals surface area contributed by atoms with E-state index in [-0.39, 0.29) is 0 Å². The van der Waals surface area contributed by atoms with E-state index in [9.17, 15) is 0 Å². The number of nitrogens with one attached hydrogen (secondary N) is 1. The molecule has 18 heavy (non-hydrogen) atoms.